The number of nitrogens with zero attached hydrogens (tertiary/aromatic N) is 4. The van der Waals surface area contributed by atoms with Crippen LogP contribution in [0.4, 0.5) is 5.69 Å². The second-order valence-electron chi connectivity index (χ2n) is 6.09. The van der Waals surface area contributed by atoms with Crippen LogP contribution in [0.3, 0.4) is 0 Å². The number of nitrogens with one attached hydrogen (secondary N) is 1. The third-order valence-electron chi connectivity index (χ3n) is 4.13. The molecule has 0 spiro atoms. The molecular formula is C20H17N5O. The zero-order chi connectivity index (χ0) is 18.1. The number of hydrogen-bond acceptors (Lipinski definition) is 4. The molecule has 4 aromatic rings. The fourth-order valence-electron chi connectivity index (χ4n) is 2.95. The van der Waals surface area contributed by atoms with E-state index in [-0.39, 0.29) is 5.91 Å². The first-order valence-corrected chi connectivity index (χ1v) is 8.26. The summed E-state index contributed by atoms with van der Waals surface area (Å²) in [5.74, 6) is 0.281. The highest BCUT2D eigenvalue weighted by Gasteiger charge is 2.11. The van der Waals surface area contributed by atoms with Gasteiger partial charge < -0.3 is 5.32 Å². The summed E-state index contributed by atoms with van der Waals surface area (Å²) in [6.07, 6.45) is 3.17. The van der Waals surface area contributed by atoms with Crippen molar-refractivity contribution in [3.8, 4) is 5.95 Å². The first kappa shape index (κ1) is 16.0. The van der Waals surface area contributed by atoms with Crippen molar-refractivity contribution in [3.63, 3.8) is 0 Å². The van der Waals surface area contributed by atoms with Gasteiger partial charge in [0.15, 0.2) is 0 Å². The average molecular weight is 343 g/mol. The minimum atomic E-state index is -0.190. The Morgan fingerprint density at radius 1 is 1.00 bits per heavy atom. The smallest absolute Gasteiger partial charge is 0.256 e. The molecule has 0 unspecified atom stereocenters. The van der Waals surface area contributed by atoms with Crippen molar-refractivity contribution >= 4 is 22.4 Å². The Labute approximate surface area is 150 Å². The van der Waals surface area contributed by atoms with Gasteiger partial charge in [0, 0.05) is 11.3 Å². The van der Waals surface area contributed by atoms with Crippen LogP contribution >= 0.6 is 0 Å². The maximum atomic E-state index is 12.7. The van der Waals surface area contributed by atoms with Crippen molar-refractivity contribution in [1.29, 1.82) is 0 Å². The van der Waals surface area contributed by atoms with Gasteiger partial charge in [-0.25, -0.2) is 14.6 Å². The Morgan fingerprint density at radius 2 is 1.73 bits per heavy atom. The molecule has 0 aliphatic rings. The van der Waals surface area contributed by atoms with Crippen LogP contribution in [0, 0.1) is 13.8 Å². The van der Waals surface area contributed by atoms with E-state index in [2.05, 4.69) is 20.4 Å². The highest BCUT2D eigenvalue weighted by molar-refractivity contribution is 6.12. The lowest BCUT2D eigenvalue weighted by atomic mass is 10.0. The maximum Gasteiger partial charge on any atom is 0.256 e. The number of fused-ring (bicyclic) bond motifs is 1. The second kappa shape index (κ2) is 6.40. The van der Waals surface area contributed by atoms with Crippen molar-refractivity contribution in [2.45, 2.75) is 13.8 Å². The van der Waals surface area contributed by atoms with Crippen molar-refractivity contribution < 1.29 is 4.79 Å². The zero-order valence-corrected chi connectivity index (χ0v) is 14.5. The molecule has 1 amide bonds. The summed E-state index contributed by atoms with van der Waals surface area (Å²) < 4.78 is 1.67. The van der Waals surface area contributed by atoms with Crippen LogP contribution in [-0.2, 0) is 0 Å². The molecule has 0 bridgehead atoms. The molecule has 0 saturated carbocycles. The maximum absolute atomic E-state index is 12.7. The fraction of sp³-hybridized carbons (Fsp3) is 0.100. The molecule has 6 nitrogen and oxygen atoms in total. The number of carbonyl (C=O) groups is 1. The standard InChI is InChI=1S/C20H17N5O/c1-13-10-14(2)25(24-13)20-21-11-16(12-22-20)23-19(26)18-9-5-7-15-6-3-4-8-17(15)18/h3-12H,1-2H3,(H,23,26). The van der Waals surface area contributed by atoms with Crippen molar-refractivity contribution in [2.24, 2.45) is 0 Å². The molecule has 0 atom stereocenters. The highest BCUT2D eigenvalue weighted by Crippen LogP contribution is 2.19. The van der Waals surface area contributed by atoms with Gasteiger partial charge in [-0.3, -0.25) is 4.79 Å². The number of aromatic nitrogens is 4. The summed E-state index contributed by atoms with van der Waals surface area (Å²) in [7, 11) is 0. The predicted octanol–water partition coefficient (Wildman–Crippen LogP) is 3.68. The lowest BCUT2D eigenvalue weighted by Gasteiger charge is -2.08. The van der Waals surface area contributed by atoms with E-state index in [9.17, 15) is 4.79 Å². The molecule has 1 N–H and O–H groups in total. The van der Waals surface area contributed by atoms with Gasteiger partial charge in [0.1, 0.15) is 0 Å². The molecule has 128 valence electrons. The van der Waals surface area contributed by atoms with Gasteiger partial charge in [0.05, 0.1) is 23.8 Å². The first-order chi connectivity index (χ1) is 12.6. The largest absolute Gasteiger partial charge is 0.319 e. The van der Waals surface area contributed by atoms with Crippen LogP contribution in [0.1, 0.15) is 21.7 Å². The van der Waals surface area contributed by atoms with E-state index in [1.807, 2.05) is 62.4 Å². The topological polar surface area (TPSA) is 72.7 Å². The summed E-state index contributed by atoms with van der Waals surface area (Å²) in [6, 6.07) is 15.4. The second-order valence-corrected chi connectivity index (χ2v) is 6.09. The Balaban J connectivity index is 1.59. The zero-order valence-electron chi connectivity index (χ0n) is 14.5. The molecule has 0 saturated heterocycles. The van der Waals surface area contributed by atoms with Crippen LogP contribution in [0.2, 0.25) is 0 Å². The molecule has 6 heteroatoms. The average Bonchev–Trinajstić information content (AvgIpc) is 3.00. The fourth-order valence-corrected chi connectivity index (χ4v) is 2.95. The van der Waals surface area contributed by atoms with E-state index in [4.69, 9.17) is 0 Å². The first-order valence-electron chi connectivity index (χ1n) is 8.26. The normalized spacial score (nSPS) is 10.8. The molecule has 0 fully saturated rings. The van der Waals surface area contributed by atoms with E-state index in [1.165, 1.54) is 0 Å². The Kier molecular flexibility index (Phi) is 3.93. The third-order valence-corrected chi connectivity index (χ3v) is 4.13. The monoisotopic (exact) mass is 343 g/mol. The van der Waals surface area contributed by atoms with Gasteiger partial charge in [-0.15, -0.1) is 0 Å². The number of amides is 1. The summed E-state index contributed by atoms with van der Waals surface area (Å²) in [5, 5.41) is 9.15. The molecule has 0 aliphatic heterocycles. The number of aryl methyl sites for hydroxylation is 2. The van der Waals surface area contributed by atoms with Crippen molar-refractivity contribution in [3.05, 3.63) is 77.9 Å². The summed E-state index contributed by atoms with van der Waals surface area (Å²) in [4.78, 5) is 21.3. The van der Waals surface area contributed by atoms with Gasteiger partial charge in [-0.1, -0.05) is 36.4 Å². The van der Waals surface area contributed by atoms with Crippen LogP contribution in [0.5, 0.6) is 0 Å². The Hall–Kier alpha value is -3.54. The minimum Gasteiger partial charge on any atom is -0.319 e. The number of hydrogen-bond donors (Lipinski definition) is 1. The van der Waals surface area contributed by atoms with Gasteiger partial charge >= 0.3 is 0 Å². The summed E-state index contributed by atoms with van der Waals surface area (Å²) in [5.41, 5.74) is 3.01. The summed E-state index contributed by atoms with van der Waals surface area (Å²) >= 11 is 0. The van der Waals surface area contributed by atoms with Gasteiger partial charge in [-0.2, -0.15) is 5.10 Å². The van der Waals surface area contributed by atoms with Gasteiger partial charge in [-0.05, 0) is 36.8 Å². The molecule has 0 radical (unpaired) electrons. The van der Waals surface area contributed by atoms with E-state index in [0.717, 1.165) is 22.2 Å². The lowest BCUT2D eigenvalue weighted by molar-refractivity contribution is 0.102. The van der Waals surface area contributed by atoms with Crippen LogP contribution in [-0.4, -0.2) is 25.7 Å². The van der Waals surface area contributed by atoms with E-state index < -0.39 is 0 Å². The van der Waals surface area contributed by atoms with E-state index >= 15 is 0 Å². The van der Waals surface area contributed by atoms with Crippen LogP contribution in [0.15, 0.2) is 60.9 Å². The number of benzene rings is 2. The Morgan fingerprint density at radius 3 is 2.46 bits per heavy atom. The Bertz CT molecular complexity index is 1090. The minimum absolute atomic E-state index is 0.190. The highest BCUT2D eigenvalue weighted by atomic mass is 16.1. The van der Waals surface area contributed by atoms with Gasteiger partial charge in [0.2, 0.25) is 0 Å². The predicted molar refractivity (Wildman–Crippen MR) is 101 cm³/mol. The number of anilines is 1. The number of carbonyl (C=O) groups excluding carboxylic acids is 1. The lowest BCUT2D eigenvalue weighted by Crippen LogP contribution is -2.13. The third kappa shape index (κ3) is 2.93. The SMILES string of the molecule is Cc1cc(C)n(-c2ncc(NC(=O)c3cccc4ccccc34)cn2)n1. The molecule has 4 rings (SSSR count). The van der Waals surface area contributed by atoms with Crippen molar-refractivity contribution in [2.75, 3.05) is 5.32 Å². The summed E-state index contributed by atoms with van der Waals surface area (Å²) in [6.45, 7) is 3.86. The van der Waals surface area contributed by atoms with Crippen LogP contribution in [0.25, 0.3) is 16.7 Å². The quantitative estimate of drug-likeness (QED) is 0.616. The molecular weight excluding hydrogens is 326 g/mol. The van der Waals surface area contributed by atoms with Gasteiger partial charge in [0.25, 0.3) is 11.9 Å². The van der Waals surface area contributed by atoms with Crippen molar-refractivity contribution in [1.82, 2.24) is 19.7 Å². The molecule has 0 aliphatic carbocycles. The molecule has 26 heavy (non-hydrogen) atoms. The van der Waals surface area contributed by atoms with Crippen LogP contribution < -0.4 is 5.32 Å². The van der Waals surface area contributed by atoms with E-state index in [1.54, 1.807) is 17.1 Å². The van der Waals surface area contributed by atoms with E-state index in [0.29, 0.717) is 17.2 Å². The molecule has 2 aromatic heterocycles. The molecule has 2 heterocycles. The number of rotatable bonds is 3. The molecule has 2 aromatic carbocycles.